The van der Waals surface area contributed by atoms with E-state index in [1.807, 2.05) is 17.0 Å². The second kappa shape index (κ2) is 10.9. The number of carbonyl (C=O) groups is 2. The SMILES string of the molecule is COCCNC1=NC2(CCC(C(C)(C)C)CC2)N([C@H](CCC(C)(C)C)c2ccc(C(=O)O)cc2)C1=O. The number of nitrogens with one attached hydrogen (secondary N) is 1. The molecule has 1 aliphatic heterocycles. The molecule has 2 N–H and O–H groups in total. The number of nitrogens with zero attached hydrogens (tertiary/aromatic N) is 2. The Morgan fingerprint density at radius 2 is 1.78 bits per heavy atom. The van der Waals surface area contributed by atoms with Crippen molar-refractivity contribution in [2.24, 2.45) is 21.7 Å². The minimum Gasteiger partial charge on any atom is -0.478 e. The highest BCUT2D eigenvalue weighted by Gasteiger charge is 2.52. The molecule has 1 amide bonds. The molecule has 2 aliphatic rings. The van der Waals surface area contributed by atoms with Crippen molar-refractivity contribution in [3.05, 3.63) is 35.4 Å². The zero-order valence-electron chi connectivity index (χ0n) is 23.2. The number of hydrogen-bond acceptors (Lipinski definition) is 5. The molecular formula is C29H45N3O4. The second-order valence-corrected chi connectivity index (χ2v) is 12.7. The molecule has 7 nitrogen and oxygen atoms in total. The number of carboxylic acid groups (broad SMARTS) is 1. The summed E-state index contributed by atoms with van der Waals surface area (Å²) < 4.78 is 5.19. The van der Waals surface area contributed by atoms with Crippen LogP contribution in [-0.2, 0) is 9.53 Å². The lowest BCUT2D eigenvalue weighted by molar-refractivity contribution is -0.134. The molecule has 0 bridgehead atoms. The number of rotatable bonds is 8. The van der Waals surface area contributed by atoms with Crippen molar-refractivity contribution in [3.63, 3.8) is 0 Å². The highest BCUT2D eigenvalue weighted by molar-refractivity contribution is 6.39. The molecule has 7 heteroatoms. The first kappa shape index (κ1) is 28.2. The van der Waals surface area contributed by atoms with Gasteiger partial charge in [-0.25, -0.2) is 9.79 Å². The molecular weight excluding hydrogens is 454 g/mol. The minimum atomic E-state index is -0.949. The highest BCUT2D eigenvalue weighted by atomic mass is 16.5. The van der Waals surface area contributed by atoms with E-state index in [2.05, 4.69) is 46.9 Å². The lowest BCUT2D eigenvalue weighted by atomic mass is 9.69. The average molecular weight is 500 g/mol. The van der Waals surface area contributed by atoms with Gasteiger partial charge in [0, 0.05) is 13.7 Å². The third-order valence-electron chi connectivity index (χ3n) is 7.82. The first-order chi connectivity index (χ1) is 16.8. The number of aromatic carboxylic acids is 1. The Morgan fingerprint density at radius 3 is 2.28 bits per heavy atom. The second-order valence-electron chi connectivity index (χ2n) is 12.7. The van der Waals surface area contributed by atoms with Gasteiger partial charge in [0.1, 0.15) is 5.66 Å². The zero-order chi connectivity index (χ0) is 26.7. The Balaban J connectivity index is 2.01. The number of amides is 1. The normalized spacial score (nSPS) is 23.6. The maximum absolute atomic E-state index is 14.0. The van der Waals surface area contributed by atoms with E-state index in [0.29, 0.717) is 24.9 Å². The first-order valence-electron chi connectivity index (χ1n) is 13.3. The molecule has 0 radical (unpaired) electrons. The van der Waals surface area contributed by atoms with Crippen molar-refractivity contribution in [1.29, 1.82) is 0 Å². The number of hydrogen-bond donors (Lipinski definition) is 2. The van der Waals surface area contributed by atoms with Crippen LogP contribution in [0.3, 0.4) is 0 Å². The van der Waals surface area contributed by atoms with Gasteiger partial charge in [-0.3, -0.25) is 4.79 Å². The van der Waals surface area contributed by atoms with Crippen molar-refractivity contribution in [3.8, 4) is 0 Å². The van der Waals surface area contributed by atoms with Crippen LogP contribution in [0, 0.1) is 16.7 Å². The Hall–Kier alpha value is -2.41. The monoisotopic (exact) mass is 499 g/mol. The number of carboxylic acids is 1. The van der Waals surface area contributed by atoms with E-state index < -0.39 is 11.6 Å². The molecule has 0 unspecified atom stereocenters. The smallest absolute Gasteiger partial charge is 0.335 e. The Kier molecular flexibility index (Phi) is 8.54. The van der Waals surface area contributed by atoms with Crippen LogP contribution in [0.15, 0.2) is 29.3 Å². The van der Waals surface area contributed by atoms with E-state index in [4.69, 9.17) is 9.73 Å². The van der Waals surface area contributed by atoms with Crippen molar-refractivity contribution in [2.75, 3.05) is 20.3 Å². The predicted octanol–water partition coefficient (Wildman–Crippen LogP) is 5.66. The van der Waals surface area contributed by atoms with Gasteiger partial charge in [0.25, 0.3) is 5.91 Å². The number of amidine groups is 1. The van der Waals surface area contributed by atoms with E-state index in [-0.39, 0.29) is 28.3 Å². The maximum atomic E-state index is 14.0. The van der Waals surface area contributed by atoms with Gasteiger partial charge in [0.2, 0.25) is 0 Å². The van der Waals surface area contributed by atoms with Crippen molar-refractivity contribution < 1.29 is 19.4 Å². The Labute approximate surface area is 216 Å². The summed E-state index contributed by atoms with van der Waals surface area (Å²) >= 11 is 0. The maximum Gasteiger partial charge on any atom is 0.335 e. The molecule has 1 heterocycles. The van der Waals surface area contributed by atoms with Crippen LogP contribution in [-0.4, -0.2) is 53.6 Å². The Morgan fingerprint density at radius 1 is 1.17 bits per heavy atom. The van der Waals surface area contributed by atoms with Crippen LogP contribution in [0.4, 0.5) is 0 Å². The molecule has 200 valence electrons. The summed E-state index contributed by atoms with van der Waals surface area (Å²) in [5.74, 6) is -0.00988. The first-order valence-corrected chi connectivity index (χ1v) is 13.3. The van der Waals surface area contributed by atoms with E-state index >= 15 is 0 Å². The predicted molar refractivity (Wildman–Crippen MR) is 143 cm³/mol. The lowest BCUT2D eigenvalue weighted by Crippen LogP contribution is -2.52. The van der Waals surface area contributed by atoms with Crippen molar-refractivity contribution in [1.82, 2.24) is 10.2 Å². The number of aliphatic imine (C=N–C) groups is 1. The summed E-state index contributed by atoms with van der Waals surface area (Å²) in [6, 6.07) is 6.84. The van der Waals surface area contributed by atoms with Crippen LogP contribution < -0.4 is 5.32 Å². The molecule has 1 fully saturated rings. The quantitative estimate of drug-likeness (QED) is 0.450. The number of benzene rings is 1. The van der Waals surface area contributed by atoms with Gasteiger partial charge in [-0.1, -0.05) is 53.7 Å². The zero-order valence-corrected chi connectivity index (χ0v) is 23.2. The lowest BCUT2D eigenvalue weighted by Gasteiger charge is -2.47. The Bertz CT molecular complexity index is 948. The number of carbonyl (C=O) groups excluding carboxylic acids is 1. The average Bonchev–Trinajstić information content (AvgIpc) is 3.04. The summed E-state index contributed by atoms with van der Waals surface area (Å²) in [5, 5.41) is 12.6. The molecule has 1 aromatic carbocycles. The third-order valence-corrected chi connectivity index (χ3v) is 7.82. The molecule has 1 aromatic rings. The fourth-order valence-corrected chi connectivity index (χ4v) is 5.59. The summed E-state index contributed by atoms with van der Waals surface area (Å²) in [4.78, 5) is 32.6. The number of ether oxygens (including phenoxy) is 1. The molecule has 1 aliphatic carbocycles. The summed E-state index contributed by atoms with van der Waals surface area (Å²) in [5.41, 5.74) is 0.946. The van der Waals surface area contributed by atoms with Gasteiger partial charge in [0.05, 0.1) is 18.2 Å². The van der Waals surface area contributed by atoms with Crippen LogP contribution in [0.5, 0.6) is 0 Å². The fourth-order valence-electron chi connectivity index (χ4n) is 5.59. The molecule has 36 heavy (non-hydrogen) atoms. The van der Waals surface area contributed by atoms with Gasteiger partial charge in [-0.05, 0) is 73.0 Å². The summed E-state index contributed by atoms with van der Waals surface area (Å²) in [6.45, 7) is 14.5. The van der Waals surface area contributed by atoms with E-state index in [9.17, 15) is 14.7 Å². The summed E-state index contributed by atoms with van der Waals surface area (Å²) in [6.07, 6.45) is 5.41. The van der Waals surface area contributed by atoms with E-state index in [1.54, 1.807) is 19.2 Å². The highest BCUT2D eigenvalue weighted by Crippen LogP contribution is 2.49. The molecule has 0 aromatic heterocycles. The van der Waals surface area contributed by atoms with Crippen LogP contribution >= 0.6 is 0 Å². The fraction of sp³-hybridized carbons (Fsp3) is 0.690. The van der Waals surface area contributed by atoms with Crippen molar-refractivity contribution >= 4 is 17.7 Å². The van der Waals surface area contributed by atoms with Gasteiger partial charge < -0.3 is 20.1 Å². The van der Waals surface area contributed by atoms with Crippen LogP contribution in [0.25, 0.3) is 0 Å². The largest absolute Gasteiger partial charge is 0.478 e. The van der Waals surface area contributed by atoms with Gasteiger partial charge >= 0.3 is 5.97 Å². The molecule has 1 spiro atoms. The van der Waals surface area contributed by atoms with Gasteiger partial charge in [-0.2, -0.15) is 0 Å². The molecule has 1 saturated carbocycles. The standard InChI is InChI=1S/C29H45N3O4/c1-27(2,3)15-14-23(20-8-10-21(11-9-20)26(34)35)32-25(33)24(30-18-19-36-7)31-29(32)16-12-22(13-17-29)28(4,5)6/h8-11,22-23H,12-19H2,1-7H3,(H,30,31)(H,34,35)/t22?,23-,29?/m1/s1. The van der Waals surface area contributed by atoms with Crippen molar-refractivity contribution in [2.45, 2.75) is 91.8 Å². The number of methoxy groups -OCH3 is 1. The topological polar surface area (TPSA) is 91.2 Å². The van der Waals surface area contributed by atoms with Crippen LogP contribution in [0.2, 0.25) is 0 Å². The van der Waals surface area contributed by atoms with Gasteiger partial charge in [0.15, 0.2) is 5.84 Å². The molecule has 3 rings (SSSR count). The minimum absolute atomic E-state index is 0.0680. The third kappa shape index (κ3) is 6.47. The van der Waals surface area contributed by atoms with E-state index in [1.165, 1.54) is 0 Å². The molecule has 0 saturated heterocycles. The van der Waals surface area contributed by atoms with Gasteiger partial charge in [-0.15, -0.1) is 0 Å². The van der Waals surface area contributed by atoms with E-state index in [0.717, 1.165) is 44.1 Å². The van der Waals surface area contributed by atoms with Crippen LogP contribution in [0.1, 0.15) is 102 Å². The summed E-state index contributed by atoms with van der Waals surface area (Å²) in [7, 11) is 1.64. The molecule has 1 atom stereocenters.